The number of nitrogens with zero attached hydrogens (tertiary/aromatic N) is 1. The third kappa shape index (κ3) is 2.72. The zero-order valence-electron chi connectivity index (χ0n) is 9.94. The zero-order chi connectivity index (χ0) is 13.5. The molecular formula is C12H12NO4PS. The van der Waals surface area contributed by atoms with Gasteiger partial charge in [0.2, 0.25) is 0 Å². The Morgan fingerprint density at radius 3 is 2.95 bits per heavy atom. The van der Waals surface area contributed by atoms with Gasteiger partial charge in [-0.3, -0.25) is 9.79 Å². The highest BCUT2D eigenvalue weighted by molar-refractivity contribution is 7.46. The largest absolute Gasteiger partial charge is 0.524 e. The van der Waals surface area contributed by atoms with E-state index in [2.05, 4.69) is 9.51 Å². The van der Waals surface area contributed by atoms with Gasteiger partial charge in [0.25, 0.3) is 0 Å². The van der Waals surface area contributed by atoms with Gasteiger partial charge in [-0.15, -0.1) is 11.3 Å². The molecule has 1 aromatic heterocycles. The molecule has 100 valence electrons. The van der Waals surface area contributed by atoms with Crippen molar-refractivity contribution in [1.82, 2.24) is 4.98 Å². The predicted octanol–water partition coefficient (Wildman–Crippen LogP) is 2.77. The average molecular weight is 297 g/mol. The molecule has 3 rings (SSSR count). The maximum Gasteiger partial charge on any atom is 0.524 e. The van der Waals surface area contributed by atoms with E-state index in [0.29, 0.717) is 0 Å². The van der Waals surface area contributed by atoms with Gasteiger partial charge in [0.15, 0.2) is 0 Å². The van der Waals surface area contributed by atoms with Crippen molar-refractivity contribution in [3.05, 3.63) is 34.2 Å². The SMILES string of the molecule is O=P(O)(O)Oc1ccc2c(c1)-c1ncsc1CCC2. The molecule has 0 radical (unpaired) electrons. The van der Waals surface area contributed by atoms with E-state index in [9.17, 15) is 4.57 Å². The van der Waals surface area contributed by atoms with E-state index < -0.39 is 7.82 Å². The smallest absolute Gasteiger partial charge is 0.404 e. The zero-order valence-corrected chi connectivity index (χ0v) is 11.7. The highest BCUT2D eigenvalue weighted by Gasteiger charge is 2.20. The molecule has 1 heterocycles. The van der Waals surface area contributed by atoms with Crippen LogP contribution in [-0.4, -0.2) is 14.8 Å². The van der Waals surface area contributed by atoms with Crippen molar-refractivity contribution in [2.24, 2.45) is 0 Å². The van der Waals surface area contributed by atoms with Gasteiger partial charge in [-0.2, -0.15) is 0 Å². The van der Waals surface area contributed by atoms with E-state index in [4.69, 9.17) is 9.79 Å². The molecule has 1 aliphatic carbocycles. The van der Waals surface area contributed by atoms with E-state index in [0.717, 1.165) is 36.1 Å². The molecule has 0 amide bonds. The topological polar surface area (TPSA) is 79.7 Å². The monoisotopic (exact) mass is 297 g/mol. The molecular weight excluding hydrogens is 285 g/mol. The summed E-state index contributed by atoms with van der Waals surface area (Å²) in [4.78, 5) is 23.3. The van der Waals surface area contributed by atoms with Crippen LogP contribution in [0.25, 0.3) is 11.3 Å². The minimum atomic E-state index is -4.52. The molecule has 19 heavy (non-hydrogen) atoms. The Bertz CT molecular complexity index is 663. The molecule has 5 nitrogen and oxygen atoms in total. The maximum atomic E-state index is 10.9. The highest BCUT2D eigenvalue weighted by Crippen LogP contribution is 2.41. The van der Waals surface area contributed by atoms with Crippen molar-refractivity contribution in [3.8, 4) is 17.0 Å². The van der Waals surface area contributed by atoms with Crippen molar-refractivity contribution < 1.29 is 18.9 Å². The van der Waals surface area contributed by atoms with Gasteiger partial charge in [-0.25, -0.2) is 9.55 Å². The lowest BCUT2D eigenvalue weighted by Crippen LogP contribution is -1.93. The standard InChI is InChI=1S/C12H12NO4PS/c14-18(15,16)17-9-5-4-8-2-1-3-11-12(10(8)6-9)13-7-19-11/h4-7H,1-3H2,(H2,14,15,16). The lowest BCUT2D eigenvalue weighted by Gasteiger charge is -2.10. The normalized spacial score (nSPS) is 14.4. The van der Waals surface area contributed by atoms with Gasteiger partial charge in [0, 0.05) is 10.4 Å². The summed E-state index contributed by atoms with van der Waals surface area (Å²) < 4.78 is 15.5. The van der Waals surface area contributed by atoms with Crippen molar-refractivity contribution >= 4 is 19.2 Å². The molecule has 0 spiro atoms. The quantitative estimate of drug-likeness (QED) is 0.833. The number of hydrogen-bond acceptors (Lipinski definition) is 4. The molecule has 7 heteroatoms. The van der Waals surface area contributed by atoms with Gasteiger partial charge in [0.05, 0.1) is 11.2 Å². The molecule has 2 aromatic rings. The summed E-state index contributed by atoms with van der Waals surface area (Å²) in [7, 11) is -4.52. The number of phosphoric ester groups is 1. The fraction of sp³-hybridized carbons (Fsp3) is 0.250. The Balaban J connectivity index is 2.08. The van der Waals surface area contributed by atoms with Crippen LogP contribution in [0.15, 0.2) is 23.7 Å². The van der Waals surface area contributed by atoms with Crippen LogP contribution >= 0.6 is 19.2 Å². The third-order valence-corrected chi connectivity index (χ3v) is 4.39. The molecule has 1 aromatic carbocycles. The summed E-state index contributed by atoms with van der Waals surface area (Å²) in [5, 5.41) is 0. The van der Waals surface area contributed by atoms with E-state index in [1.54, 1.807) is 29.0 Å². The number of fused-ring (bicyclic) bond motifs is 3. The molecule has 0 bridgehead atoms. The van der Waals surface area contributed by atoms with E-state index >= 15 is 0 Å². The number of benzene rings is 1. The minimum absolute atomic E-state index is 0.174. The summed E-state index contributed by atoms with van der Waals surface area (Å²) in [6.07, 6.45) is 2.98. The molecule has 0 fully saturated rings. The van der Waals surface area contributed by atoms with E-state index in [1.165, 1.54) is 4.88 Å². The summed E-state index contributed by atoms with van der Waals surface area (Å²) in [6, 6.07) is 5.11. The Kier molecular flexibility index (Phi) is 3.19. The van der Waals surface area contributed by atoms with E-state index in [-0.39, 0.29) is 5.75 Å². The third-order valence-electron chi connectivity index (χ3n) is 3.05. The van der Waals surface area contributed by atoms with Crippen LogP contribution in [0.5, 0.6) is 5.75 Å². The number of thiazole rings is 1. The first kappa shape index (κ1) is 12.8. The lowest BCUT2D eigenvalue weighted by molar-refractivity contribution is 0.283. The molecule has 0 aliphatic heterocycles. The van der Waals surface area contributed by atoms with Crippen LogP contribution < -0.4 is 4.52 Å². The van der Waals surface area contributed by atoms with Gasteiger partial charge in [-0.1, -0.05) is 6.07 Å². The van der Waals surface area contributed by atoms with Crippen LogP contribution in [0.3, 0.4) is 0 Å². The first-order valence-electron chi connectivity index (χ1n) is 5.84. The second-order valence-corrected chi connectivity index (χ2v) is 6.48. The van der Waals surface area contributed by atoms with Crippen LogP contribution in [0.2, 0.25) is 0 Å². The van der Waals surface area contributed by atoms with Gasteiger partial charge >= 0.3 is 7.82 Å². The summed E-state index contributed by atoms with van der Waals surface area (Å²) >= 11 is 1.62. The Labute approximate surface area is 114 Å². The van der Waals surface area contributed by atoms with Crippen LogP contribution in [0, 0.1) is 0 Å². The number of phosphoric acid groups is 1. The predicted molar refractivity (Wildman–Crippen MR) is 72.2 cm³/mol. The molecule has 0 saturated heterocycles. The Hall–Kier alpha value is -1.20. The van der Waals surface area contributed by atoms with Crippen LogP contribution in [-0.2, 0) is 17.4 Å². The first-order valence-corrected chi connectivity index (χ1v) is 8.25. The average Bonchev–Trinajstić information content (AvgIpc) is 2.71. The number of rotatable bonds is 2. The summed E-state index contributed by atoms with van der Waals surface area (Å²) in [5.41, 5.74) is 4.77. The van der Waals surface area contributed by atoms with Crippen LogP contribution in [0.1, 0.15) is 16.9 Å². The van der Waals surface area contributed by atoms with Crippen molar-refractivity contribution in [2.45, 2.75) is 19.3 Å². The van der Waals surface area contributed by atoms with Gasteiger partial charge < -0.3 is 4.52 Å². The Morgan fingerprint density at radius 2 is 2.16 bits per heavy atom. The Morgan fingerprint density at radius 1 is 1.32 bits per heavy atom. The minimum Gasteiger partial charge on any atom is -0.404 e. The van der Waals surface area contributed by atoms with Gasteiger partial charge in [0.1, 0.15) is 5.75 Å². The molecule has 0 atom stereocenters. The number of aryl methyl sites for hydroxylation is 2. The maximum absolute atomic E-state index is 10.9. The first-order chi connectivity index (χ1) is 9.03. The van der Waals surface area contributed by atoms with Crippen molar-refractivity contribution in [2.75, 3.05) is 0 Å². The molecule has 0 unspecified atom stereocenters. The van der Waals surface area contributed by atoms with E-state index in [1.807, 2.05) is 6.07 Å². The fourth-order valence-corrected chi connectivity index (χ4v) is 3.51. The fourth-order valence-electron chi connectivity index (χ4n) is 2.30. The highest BCUT2D eigenvalue weighted by atomic mass is 32.1. The van der Waals surface area contributed by atoms with Crippen molar-refractivity contribution in [3.63, 3.8) is 0 Å². The number of hydrogen-bond donors (Lipinski definition) is 2. The second kappa shape index (κ2) is 4.72. The van der Waals surface area contributed by atoms with Gasteiger partial charge in [-0.05, 0) is 37.0 Å². The van der Waals surface area contributed by atoms with Crippen LogP contribution in [0.4, 0.5) is 0 Å². The second-order valence-electron chi connectivity index (χ2n) is 4.38. The number of aromatic nitrogens is 1. The molecule has 0 saturated carbocycles. The summed E-state index contributed by atoms with van der Waals surface area (Å²) in [5.74, 6) is 0.174. The lowest BCUT2D eigenvalue weighted by atomic mass is 10.0. The van der Waals surface area contributed by atoms with Crippen molar-refractivity contribution in [1.29, 1.82) is 0 Å². The molecule has 2 N–H and O–H groups in total. The summed E-state index contributed by atoms with van der Waals surface area (Å²) in [6.45, 7) is 0. The molecule has 1 aliphatic rings.